The van der Waals surface area contributed by atoms with E-state index < -0.39 is 0 Å². The van der Waals surface area contributed by atoms with Crippen LogP contribution >= 0.6 is 0 Å². The minimum absolute atomic E-state index is 0.568. The normalized spacial score (nSPS) is 12.1. The molecule has 0 bridgehead atoms. The van der Waals surface area contributed by atoms with E-state index in [1.54, 1.807) is 0 Å². The van der Waals surface area contributed by atoms with Crippen molar-refractivity contribution < 1.29 is 8.83 Å². The van der Waals surface area contributed by atoms with Gasteiger partial charge in [0.2, 0.25) is 11.7 Å². The second-order valence-electron chi connectivity index (χ2n) is 9.80. The van der Waals surface area contributed by atoms with E-state index in [0.29, 0.717) is 11.7 Å². The third kappa shape index (κ3) is 2.79. The molecule has 5 aromatic carbocycles. The van der Waals surface area contributed by atoms with Crippen LogP contribution in [-0.4, -0.2) is 14.5 Å². The van der Waals surface area contributed by atoms with Crippen LogP contribution in [0.2, 0.25) is 0 Å². The summed E-state index contributed by atoms with van der Waals surface area (Å²) in [6.45, 7) is 0. The SMILES string of the molecule is c1ccc(-c2nc(-n3c4ccccc4c4c5c(ccc43)oc3ccccc35)nc3oc4ccccc4c23)cc1. The fourth-order valence-corrected chi connectivity index (χ4v) is 6.01. The molecule has 0 amide bonds. The summed E-state index contributed by atoms with van der Waals surface area (Å²) in [5.41, 5.74) is 7.02. The molecule has 5 nitrogen and oxygen atoms in total. The van der Waals surface area contributed by atoms with Crippen LogP contribution in [0.1, 0.15) is 0 Å². The van der Waals surface area contributed by atoms with E-state index in [2.05, 4.69) is 65.2 Å². The number of benzene rings is 5. The Morgan fingerprint density at radius 2 is 1.13 bits per heavy atom. The summed E-state index contributed by atoms with van der Waals surface area (Å²) in [5, 5.41) is 6.38. The Morgan fingerprint density at radius 3 is 1.95 bits per heavy atom. The molecule has 0 unspecified atom stereocenters. The van der Waals surface area contributed by atoms with Crippen molar-refractivity contribution in [3.8, 4) is 17.2 Å². The molecule has 0 N–H and O–H groups in total. The molecule has 9 rings (SSSR count). The van der Waals surface area contributed by atoms with Crippen molar-refractivity contribution in [3.63, 3.8) is 0 Å². The summed E-state index contributed by atoms with van der Waals surface area (Å²) in [5.74, 6) is 0.568. The van der Waals surface area contributed by atoms with Crippen molar-refractivity contribution in [2.45, 2.75) is 0 Å². The van der Waals surface area contributed by atoms with Crippen LogP contribution in [-0.2, 0) is 0 Å². The molecular formula is C34H19N3O2. The fraction of sp³-hybridized carbons (Fsp3) is 0. The van der Waals surface area contributed by atoms with E-state index in [1.807, 2.05) is 54.6 Å². The predicted molar refractivity (Wildman–Crippen MR) is 156 cm³/mol. The maximum atomic E-state index is 6.31. The van der Waals surface area contributed by atoms with Gasteiger partial charge in [-0.2, -0.15) is 4.98 Å². The zero-order valence-corrected chi connectivity index (χ0v) is 20.6. The van der Waals surface area contributed by atoms with E-state index in [-0.39, 0.29) is 0 Å². The largest absolute Gasteiger partial charge is 0.456 e. The third-order valence-corrected chi connectivity index (χ3v) is 7.65. The number of para-hydroxylation sites is 3. The van der Waals surface area contributed by atoms with Gasteiger partial charge >= 0.3 is 0 Å². The molecular weight excluding hydrogens is 482 g/mol. The first kappa shape index (κ1) is 20.6. The fourth-order valence-electron chi connectivity index (χ4n) is 6.01. The number of nitrogens with zero attached hydrogens (tertiary/aromatic N) is 3. The second kappa shape index (κ2) is 7.55. The Labute approximate surface area is 221 Å². The molecule has 0 spiro atoms. The molecule has 4 heterocycles. The number of hydrogen-bond donors (Lipinski definition) is 0. The van der Waals surface area contributed by atoms with E-state index >= 15 is 0 Å². The van der Waals surface area contributed by atoms with E-state index in [4.69, 9.17) is 18.8 Å². The van der Waals surface area contributed by atoms with Crippen LogP contribution in [0.4, 0.5) is 0 Å². The van der Waals surface area contributed by atoms with E-state index in [0.717, 1.165) is 71.4 Å². The quantitative estimate of drug-likeness (QED) is 0.237. The number of hydrogen-bond acceptors (Lipinski definition) is 4. The molecule has 39 heavy (non-hydrogen) atoms. The molecule has 0 aliphatic carbocycles. The standard InChI is InChI=1S/C34H19N3O2/c1-2-10-20(11-3-1)32-31-23-14-6-9-17-27(23)39-33(31)36-34(35-32)37-24-15-7-4-12-21(24)29-25(37)18-19-28-30(29)22-13-5-8-16-26(22)38-28/h1-19H. The van der Waals surface area contributed by atoms with Crippen LogP contribution in [0.3, 0.4) is 0 Å². The maximum absolute atomic E-state index is 6.31. The van der Waals surface area contributed by atoms with Crippen LogP contribution in [0, 0.1) is 0 Å². The summed E-state index contributed by atoms with van der Waals surface area (Å²) in [4.78, 5) is 10.3. The Bertz CT molecular complexity index is 2390. The molecule has 0 aliphatic heterocycles. The number of aromatic nitrogens is 3. The van der Waals surface area contributed by atoms with Gasteiger partial charge < -0.3 is 8.83 Å². The van der Waals surface area contributed by atoms with Crippen molar-refractivity contribution >= 4 is 65.8 Å². The van der Waals surface area contributed by atoms with Gasteiger partial charge in [-0.05, 0) is 30.3 Å². The zero-order valence-electron chi connectivity index (χ0n) is 20.6. The van der Waals surface area contributed by atoms with Crippen LogP contribution < -0.4 is 0 Å². The summed E-state index contributed by atoms with van der Waals surface area (Å²) in [6, 6.07) is 39.1. The molecule has 0 saturated heterocycles. The molecule has 0 aliphatic rings. The molecule has 182 valence electrons. The molecule has 5 heteroatoms. The maximum Gasteiger partial charge on any atom is 0.238 e. The Hall–Kier alpha value is -5.42. The van der Waals surface area contributed by atoms with Gasteiger partial charge in [0.15, 0.2) is 0 Å². The predicted octanol–water partition coefficient (Wildman–Crippen LogP) is 9.04. The van der Waals surface area contributed by atoms with Crippen molar-refractivity contribution in [1.82, 2.24) is 14.5 Å². The summed E-state index contributed by atoms with van der Waals surface area (Å²) in [7, 11) is 0. The Balaban J connectivity index is 1.46. The minimum Gasteiger partial charge on any atom is -0.456 e. The summed E-state index contributed by atoms with van der Waals surface area (Å²) >= 11 is 0. The van der Waals surface area contributed by atoms with E-state index in [9.17, 15) is 0 Å². The van der Waals surface area contributed by atoms with Crippen molar-refractivity contribution in [2.75, 3.05) is 0 Å². The lowest BCUT2D eigenvalue weighted by Gasteiger charge is -2.09. The van der Waals surface area contributed by atoms with Crippen LogP contribution in [0.5, 0.6) is 0 Å². The van der Waals surface area contributed by atoms with Crippen molar-refractivity contribution in [1.29, 1.82) is 0 Å². The monoisotopic (exact) mass is 501 g/mol. The smallest absolute Gasteiger partial charge is 0.238 e. The Morgan fingerprint density at radius 1 is 0.462 bits per heavy atom. The van der Waals surface area contributed by atoms with Gasteiger partial charge in [0.05, 0.1) is 22.1 Å². The third-order valence-electron chi connectivity index (χ3n) is 7.65. The Kier molecular flexibility index (Phi) is 3.99. The average Bonchev–Trinajstić information content (AvgIpc) is 3.66. The first-order valence-electron chi connectivity index (χ1n) is 12.9. The zero-order chi connectivity index (χ0) is 25.5. The van der Waals surface area contributed by atoms with Crippen LogP contribution in [0.15, 0.2) is 124 Å². The lowest BCUT2D eigenvalue weighted by molar-refractivity contribution is 0.651. The van der Waals surface area contributed by atoms with E-state index in [1.165, 1.54) is 0 Å². The minimum atomic E-state index is 0.568. The van der Waals surface area contributed by atoms with Crippen LogP contribution in [0.25, 0.3) is 83.0 Å². The number of rotatable bonds is 2. The topological polar surface area (TPSA) is 57.0 Å². The average molecular weight is 502 g/mol. The molecule has 0 atom stereocenters. The molecule has 4 aromatic heterocycles. The lowest BCUT2D eigenvalue weighted by atomic mass is 10.1. The molecule has 0 fully saturated rings. The second-order valence-corrected chi connectivity index (χ2v) is 9.80. The number of fused-ring (bicyclic) bond motifs is 10. The van der Waals surface area contributed by atoms with Gasteiger partial charge in [0, 0.05) is 32.5 Å². The highest BCUT2D eigenvalue weighted by atomic mass is 16.3. The van der Waals surface area contributed by atoms with Gasteiger partial charge in [-0.25, -0.2) is 4.98 Å². The highest BCUT2D eigenvalue weighted by Gasteiger charge is 2.22. The van der Waals surface area contributed by atoms with Gasteiger partial charge in [-0.15, -0.1) is 0 Å². The first-order chi connectivity index (χ1) is 19.3. The first-order valence-corrected chi connectivity index (χ1v) is 12.9. The highest BCUT2D eigenvalue weighted by molar-refractivity contribution is 6.27. The van der Waals surface area contributed by atoms with Gasteiger partial charge in [0.1, 0.15) is 16.7 Å². The van der Waals surface area contributed by atoms with Gasteiger partial charge in [-0.3, -0.25) is 4.57 Å². The number of furan rings is 2. The van der Waals surface area contributed by atoms with Crippen molar-refractivity contribution in [3.05, 3.63) is 115 Å². The lowest BCUT2D eigenvalue weighted by Crippen LogP contribution is -2.02. The molecule has 0 saturated carbocycles. The van der Waals surface area contributed by atoms with Gasteiger partial charge in [0.25, 0.3) is 0 Å². The summed E-state index contributed by atoms with van der Waals surface area (Å²) < 4.78 is 14.7. The highest BCUT2D eigenvalue weighted by Crippen LogP contribution is 2.42. The van der Waals surface area contributed by atoms with Gasteiger partial charge in [-0.1, -0.05) is 84.9 Å². The molecule has 0 radical (unpaired) electrons. The molecule has 9 aromatic rings. The summed E-state index contributed by atoms with van der Waals surface area (Å²) in [6.07, 6.45) is 0. The van der Waals surface area contributed by atoms with Crippen molar-refractivity contribution in [2.24, 2.45) is 0 Å².